The predicted octanol–water partition coefficient (Wildman–Crippen LogP) is 3.84. The Hall–Kier alpha value is -3.40. The molecule has 0 aliphatic carbocycles. The van der Waals surface area contributed by atoms with Gasteiger partial charge < -0.3 is 5.32 Å². The van der Waals surface area contributed by atoms with Crippen LogP contribution in [0.2, 0.25) is 5.02 Å². The smallest absolute Gasteiger partial charge is 0.345 e. The fraction of sp³-hybridized carbons (Fsp3) is 0.190. The summed E-state index contributed by atoms with van der Waals surface area (Å²) in [6.07, 6.45) is -4.97. The van der Waals surface area contributed by atoms with Crippen molar-refractivity contribution >= 4 is 17.5 Å². The second kappa shape index (κ2) is 8.62. The summed E-state index contributed by atoms with van der Waals surface area (Å²) in [5, 5.41) is 2.35. The molecule has 168 valence electrons. The highest BCUT2D eigenvalue weighted by atomic mass is 35.5. The first-order chi connectivity index (χ1) is 14.9. The number of halogens is 5. The van der Waals surface area contributed by atoms with Crippen LogP contribution in [-0.2, 0) is 13.2 Å². The highest BCUT2D eigenvalue weighted by Gasteiger charge is 2.35. The zero-order valence-corrected chi connectivity index (χ0v) is 17.5. The van der Waals surface area contributed by atoms with Crippen molar-refractivity contribution < 1.29 is 22.4 Å². The van der Waals surface area contributed by atoms with Gasteiger partial charge in [0.15, 0.2) is 0 Å². The summed E-state index contributed by atoms with van der Waals surface area (Å²) in [6.45, 7) is 1.70. The molecule has 1 unspecified atom stereocenters. The van der Waals surface area contributed by atoms with Gasteiger partial charge in [0, 0.05) is 13.1 Å². The van der Waals surface area contributed by atoms with E-state index in [1.54, 1.807) is 37.3 Å². The van der Waals surface area contributed by atoms with E-state index in [4.69, 9.17) is 11.6 Å². The summed E-state index contributed by atoms with van der Waals surface area (Å²) >= 11 is 5.99. The first kappa shape index (κ1) is 23.3. The molecule has 0 radical (unpaired) electrons. The molecular formula is C21H16ClF4N3O3. The maximum Gasteiger partial charge on any atom is 0.431 e. The highest BCUT2D eigenvalue weighted by molar-refractivity contribution is 6.34. The van der Waals surface area contributed by atoms with Crippen molar-refractivity contribution in [2.75, 3.05) is 0 Å². The summed E-state index contributed by atoms with van der Waals surface area (Å²) in [5.41, 5.74) is -4.54. The van der Waals surface area contributed by atoms with Crippen LogP contribution >= 0.6 is 11.6 Å². The van der Waals surface area contributed by atoms with Gasteiger partial charge in [-0.25, -0.2) is 13.8 Å². The number of amides is 1. The minimum Gasteiger partial charge on any atom is -0.345 e. The van der Waals surface area contributed by atoms with Crippen LogP contribution in [0.4, 0.5) is 17.6 Å². The average Bonchev–Trinajstić information content (AvgIpc) is 2.71. The van der Waals surface area contributed by atoms with Crippen molar-refractivity contribution in [3.8, 4) is 5.69 Å². The van der Waals surface area contributed by atoms with Gasteiger partial charge in [-0.1, -0.05) is 41.9 Å². The Morgan fingerprint density at radius 3 is 2.31 bits per heavy atom. The summed E-state index contributed by atoms with van der Waals surface area (Å²) in [4.78, 5) is 37.5. The number of carbonyl (C=O) groups is 1. The molecule has 0 saturated heterocycles. The van der Waals surface area contributed by atoms with E-state index >= 15 is 0 Å². The Morgan fingerprint density at radius 1 is 1.09 bits per heavy atom. The predicted molar refractivity (Wildman–Crippen MR) is 110 cm³/mol. The minimum atomic E-state index is -4.97. The molecule has 1 heterocycles. The van der Waals surface area contributed by atoms with E-state index < -0.39 is 46.6 Å². The molecule has 1 N–H and O–H groups in total. The Labute approximate surface area is 183 Å². The number of aromatic nitrogens is 2. The summed E-state index contributed by atoms with van der Waals surface area (Å²) in [6, 6.07) is 10.2. The molecule has 6 nitrogen and oxygen atoms in total. The Kier molecular flexibility index (Phi) is 6.27. The van der Waals surface area contributed by atoms with Crippen LogP contribution in [0.25, 0.3) is 5.69 Å². The fourth-order valence-corrected chi connectivity index (χ4v) is 3.34. The van der Waals surface area contributed by atoms with Crippen LogP contribution in [0.1, 0.15) is 34.6 Å². The van der Waals surface area contributed by atoms with Crippen molar-refractivity contribution in [1.29, 1.82) is 0 Å². The fourth-order valence-electron chi connectivity index (χ4n) is 3.10. The first-order valence-electron chi connectivity index (χ1n) is 9.17. The van der Waals surface area contributed by atoms with Crippen LogP contribution in [0, 0.1) is 5.82 Å². The summed E-state index contributed by atoms with van der Waals surface area (Å²) in [5.74, 6) is -1.90. The van der Waals surface area contributed by atoms with Crippen molar-refractivity contribution in [3.63, 3.8) is 0 Å². The van der Waals surface area contributed by atoms with Gasteiger partial charge in [0.05, 0.1) is 22.3 Å². The molecule has 1 atom stereocenters. The molecule has 0 saturated carbocycles. The molecule has 0 bridgehead atoms. The zero-order chi connectivity index (χ0) is 23.8. The molecule has 1 aromatic heterocycles. The summed E-state index contributed by atoms with van der Waals surface area (Å²) < 4.78 is 54.1. The van der Waals surface area contributed by atoms with Crippen molar-refractivity contribution in [2.24, 2.45) is 7.05 Å². The van der Waals surface area contributed by atoms with Crippen LogP contribution in [-0.4, -0.2) is 15.0 Å². The van der Waals surface area contributed by atoms with Crippen molar-refractivity contribution in [1.82, 2.24) is 14.5 Å². The zero-order valence-electron chi connectivity index (χ0n) is 16.7. The second-order valence-electron chi connectivity index (χ2n) is 6.93. The van der Waals surface area contributed by atoms with E-state index in [0.29, 0.717) is 6.07 Å². The monoisotopic (exact) mass is 469 g/mol. The lowest BCUT2D eigenvalue weighted by molar-refractivity contribution is -0.144. The highest BCUT2D eigenvalue weighted by Crippen LogP contribution is 2.28. The molecule has 1 amide bonds. The molecule has 2 aromatic carbocycles. The van der Waals surface area contributed by atoms with Crippen LogP contribution < -0.4 is 16.6 Å². The van der Waals surface area contributed by atoms with E-state index in [9.17, 15) is 31.9 Å². The maximum absolute atomic E-state index is 14.6. The van der Waals surface area contributed by atoms with E-state index in [1.165, 1.54) is 0 Å². The number of nitrogens with one attached hydrogen (secondary N) is 1. The number of nitrogens with zero attached hydrogens (tertiary/aromatic N) is 2. The number of benzene rings is 2. The lowest BCUT2D eigenvalue weighted by atomic mass is 10.1. The van der Waals surface area contributed by atoms with E-state index in [1.807, 2.05) is 0 Å². The van der Waals surface area contributed by atoms with Gasteiger partial charge in [-0.05, 0) is 24.6 Å². The minimum absolute atomic E-state index is 0.173. The quantitative estimate of drug-likeness (QED) is 0.590. The lowest BCUT2D eigenvalue weighted by Crippen LogP contribution is -2.41. The standard InChI is InChI=1S/C21H16ClF4N3O3/c1-11(12-6-4-3-5-7-12)27-19(31)13-8-16(15(23)9-14(13)22)29-18(30)10-17(21(24,25)26)28(2)20(29)32/h3-11H,1-2H3,(H,27,31). The number of hydrogen-bond donors (Lipinski definition) is 1. The summed E-state index contributed by atoms with van der Waals surface area (Å²) in [7, 11) is 0.796. The SMILES string of the molecule is CC(NC(=O)c1cc(-n2c(=O)cc(C(F)(F)F)n(C)c2=O)c(F)cc1Cl)c1ccccc1. The van der Waals surface area contributed by atoms with E-state index in [2.05, 4.69) is 5.32 Å². The van der Waals surface area contributed by atoms with Gasteiger partial charge in [0.1, 0.15) is 11.5 Å². The van der Waals surface area contributed by atoms with Gasteiger partial charge in [0.2, 0.25) is 0 Å². The molecule has 3 rings (SSSR count). The number of alkyl halides is 3. The number of rotatable bonds is 4. The van der Waals surface area contributed by atoms with E-state index in [-0.39, 0.29) is 25.8 Å². The van der Waals surface area contributed by atoms with Gasteiger partial charge in [0.25, 0.3) is 11.5 Å². The van der Waals surface area contributed by atoms with E-state index in [0.717, 1.165) is 18.7 Å². The lowest BCUT2D eigenvalue weighted by Gasteiger charge is -2.17. The van der Waals surface area contributed by atoms with Gasteiger partial charge >= 0.3 is 11.9 Å². The normalized spacial score (nSPS) is 12.5. The molecule has 0 aliphatic rings. The third-order valence-corrected chi connectivity index (χ3v) is 5.09. The molecular weight excluding hydrogens is 454 g/mol. The Morgan fingerprint density at radius 2 is 1.72 bits per heavy atom. The molecule has 3 aromatic rings. The van der Waals surface area contributed by atoms with Gasteiger partial charge in [-0.2, -0.15) is 13.2 Å². The van der Waals surface area contributed by atoms with Gasteiger partial charge in [-0.3, -0.25) is 14.2 Å². The molecule has 0 aliphatic heterocycles. The van der Waals surface area contributed by atoms with Crippen LogP contribution in [0.3, 0.4) is 0 Å². The van der Waals surface area contributed by atoms with Gasteiger partial charge in [-0.15, -0.1) is 0 Å². The van der Waals surface area contributed by atoms with Crippen LogP contribution in [0.5, 0.6) is 0 Å². The third kappa shape index (κ3) is 4.45. The topological polar surface area (TPSA) is 73.1 Å². The molecule has 11 heteroatoms. The first-order valence-corrected chi connectivity index (χ1v) is 9.55. The molecule has 0 fully saturated rings. The van der Waals surface area contributed by atoms with Crippen LogP contribution in [0.15, 0.2) is 58.1 Å². The van der Waals surface area contributed by atoms with Crippen molar-refractivity contribution in [3.05, 3.63) is 97.0 Å². The second-order valence-corrected chi connectivity index (χ2v) is 7.34. The third-order valence-electron chi connectivity index (χ3n) is 4.78. The number of hydrogen-bond acceptors (Lipinski definition) is 3. The average molecular weight is 470 g/mol. The maximum atomic E-state index is 14.6. The molecule has 32 heavy (non-hydrogen) atoms. The Bertz CT molecular complexity index is 1300. The van der Waals surface area contributed by atoms with Crippen molar-refractivity contribution in [2.45, 2.75) is 19.1 Å². The Balaban J connectivity index is 2.09. The molecule has 0 spiro atoms. The number of carbonyl (C=O) groups excluding carboxylic acids is 1. The largest absolute Gasteiger partial charge is 0.431 e.